The van der Waals surface area contributed by atoms with E-state index in [1.807, 2.05) is 6.26 Å². The van der Waals surface area contributed by atoms with Gasteiger partial charge in [0, 0.05) is 24.4 Å². The first-order valence-electron chi connectivity index (χ1n) is 5.35. The Kier molecular flexibility index (Phi) is 5.73. The van der Waals surface area contributed by atoms with Crippen LogP contribution in [0.25, 0.3) is 0 Å². The summed E-state index contributed by atoms with van der Waals surface area (Å²) in [6, 6.07) is 2.44. The molecule has 0 bridgehead atoms. The van der Waals surface area contributed by atoms with Crippen LogP contribution < -0.4 is 5.32 Å². The van der Waals surface area contributed by atoms with Crippen LogP contribution in [0.4, 0.5) is 11.4 Å². The largest absolute Gasteiger partial charge is 0.387 e. The minimum absolute atomic E-state index is 0.152. The summed E-state index contributed by atoms with van der Waals surface area (Å²) in [5.74, 6) is 0.544. The Bertz CT molecular complexity index is 460. The van der Waals surface area contributed by atoms with Crippen LogP contribution in [0.1, 0.15) is 6.92 Å². The second-order valence-electron chi connectivity index (χ2n) is 4.33. The number of hydrogen-bond donors (Lipinski definition) is 2. The molecule has 1 aromatic rings. The molecule has 0 saturated heterocycles. The monoisotopic (exact) mass is 324 g/mol. The minimum atomic E-state index is -0.923. The van der Waals surface area contributed by atoms with Gasteiger partial charge in [-0.3, -0.25) is 10.1 Å². The maximum atomic E-state index is 10.6. The van der Waals surface area contributed by atoms with Crippen molar-refractivity contribution in [3.8, 4) is 0 Å². The molecule has 2 N–H and O–H groups in total. The third-order valence-electron chi connectivity index (χ3n) is 2.34. The van der Waals surface area contributed by atoms with E-state index in [1.54, 1.807) is 6.92 Å². The number of hydrogen-bond acceptors (Lipinski definition) is 5. The zero-order chi connectivity index (χ0) is 14.6. The van der Waals surface area contributed by atoms with Crippen molar-refractivity contribution in [2.24, 2.45) is 0 Å². The van der Waals surface area contributed by atoms with Crippen molar-refractivity contribution in [3.63, 3.8) is 0 Å². The number of benzene rings is 1. The van der Waals surface area contributed by atoms with E-state index in [2.05, 4.69) is 5.32 Å². The van der Waals surface area contributed by atoms with Gasteiger partial charge >= 0.3 is 0 Å². The fourth-order valence-corrected chi connectivity index (χ4v) is 2.81. The molecule has 0 amide bonds. The molecule has 0 aliphatic heterocycles. The maximum absolute atomic E-state index is 10.6. The lowest BCUT2D eigenvalue weighted by Crippen LogP contribution is -2.36. The van der Waals surface area contributed by atoms with Gasteiger partial charge in [-0.15, -0.1) is 0 Å². The molecule has 0 aliphatic rings. The first kappa shape index (κ1) is 16.4. The Hall–Kier alpha value is -0.690. The van der Waals surface area contributed by atoms with Gasteiger partial charge in [0.1, 0.15) is 0 Å². The first-order chi connectivity index (χ1) is 8.76. The van der Waals surface area contributed by atoms with Crippen LogP contribution >= 0.6 is 35.0 Å². The van der Waals surface area contributed by atoms with Crippen molar-refractivity contribution >= 4 is 46.3 Å². The van der Waals surface area contributed by atoms with Crippen LogP contribution in [0, 0.1) is 10.1 Å². The highest BCUT2D eigenvalue weighted by Gasteiger charge is 2.21. The number of anilines is 1. The fraction of sp³-hybridized carbons (Fsp3) is 0.455. The summed E-state index contributed by atoms with van der Waals surface area (Å²) in [7, 11) is 0. The molecule has 106 valence electrons. The quantitative estimate of drug-likeness (QED) is 0.619. The van der Waals surface area contributed by atoms with Gasteiger partial charge in [-0.25, -0.2) is 0 Å². The molecule has 0 aliphatic carbocycles. The topological polar surface area (TPSA) is 75.4 Å². The van der Waals surface area contributed by atoms with Crippen molar-refractivity contribution in [2.75, 3.05) is 23.9 Å². The van der Waals surface area contributed by atoms with E-state index in [0.717, 1.165) is 0 Å². The number of rotatable bonds is 6. The molecule has 8 heteroatoms. The van der Waals surface area contributed by atoms with Crippen molar-refractivity contribution in [3.05, 3.63) is 32.3 Å². The van der Waals surface area contributed by atoms with E-state index < -0.39 is 10.5 Å². The molecule has 19 heavy (non-hydrogen) atoms. The van der Waals surface area contributed by atoms with Crippen molar-refractivity contribution < 1.29 is 10.0 Å². The highest BCUT2D eigenvalue weighted by molar-refractivity contribution is 7.98. The van der Waals surface area contributed by atoms with Gasteiger partial charge in [0.15, 0.2) is 0 Å². The molecule has 0 spiro atoms. The highest BCUT2D eigenvalue weighted by Crippen LogP contribution is 2.34. The second-order valence-corrected chi connectivity index (χ2v) is 6.01. The summed E-state index contributed by atoms with van der Waals surface area (Å²) in [6.45, 7) is 1.93. The van der Waals surface area contributed by atoms with Crippen LogP contribution in [0.3, 0.4) is 0 Å². The molecule has 5 nitrogen and oxygen atoms in total. The van der Waals surface area contributed by atoms with Crippen LogP contribution in [0.5, 0.6) is 0 Å². The lowest BCUT2D eigenvalue weighted by molar-refractivity contribution is -0.384. The van der Waals surface area contributed by atoms with Crippen LogP contribution in [-0.4, -0.2) is 34.2 Å². The summed E-state index contributed by atoms with van der Waals surface area (Å²) in [5, 5.41) is 23.9. The number of nitro benzene ring substituents is 1. The van der Waals surface area contributed by atoms with Gasteiger partial charge in [-0.05, 0) is 13.2 Å². The van der Waals surface area contributed by atoms with Gasteiger partial charge in [0.25, 0.3) is 5.69 Å². The molecular formula is C11H14Cl2N2O3S. The third kappa shape index (κ3) is 4.72. The molecule has 1 atom stereocenters. The molecule has 0 saturated carbocycles. The molecule has 1 rings (SSSR count). The number of aliphatic hydroxyl groups is 1. The molecule has 0 heterocycles. The Morgan fingerprint density at radius 3 is 2.42 bits per heavy atom. The van der Waals surface area contributed by atoms with E-state index in [1.165, 1.54) is 23.9 Å². The standard InChI is InChI=1S/C11H14Cl2N2O3S/c1-11(16,6-19-2)5-14-10-8(12)3-7(15(17)18)4-9(10)13/h3-4,14,16H,5-6H2,1-2H3. The van der Waals surface area contributed by atoms with Crippen LogP contribution in [-0.2, 0) is 0 Å². The number of non-ortho nitro benzene ring substituents is 1. The van der Waals surface area contributed by atoms with Crippen molar-refractivity contribution in [1.82, 2.24) is 0 Å². The number of thioether (sulfide) groups is 1. The van der Waals surface area contributed by atoms with Crippen molar-refractivity contribution in [2.45, 2.75) is 12.5 Å². The summed E-state index contributed by atoms with van der Waals surface area (Å²) < 4.78 is 0. The van der Waals surface area contributed by atoms with E-state index in [0.29, 0.717) is 11.4 Å². The van der Waals surface area contributed by atoms with Gasteiger partial charge < -0.3 is 10.4 Å². The summed E-state index contributed by atoms with van der Waals surface area (Å²) >= 11 is 13.4. The van der Waals surface area contributed by atoms with E-state index in [-0.39, 0.29) is 22.3 Å². The SMILES string of the molecule is CSCC(C)(O)CNc1c(Cl)cc([N+](=O)[O-])cc1Cl. The average molecular weight is 325 g/mol. The van der Waals surface area contributed by atoms with Crippen molar-refractivity contribution in [1.29, 1.82) is 0 Å². The number of nitro groups is 1. The Morgan fingerprint density at radius 1 is 1.47 bits per heavy atom. The zero-order valence-corrected chi connectivity index (χ0v) is 12.8. The first-order valence-corrected chi connectivity index (χ1v) is 7.50. The van der Waals surface area contributed by atoms with Crippen LogP contribution in [0.15, 0.2) is 12.1 Å². The van der Waals surface area contributed by atoms with Gasteiger partial charge in [-0.2, -0.15) is 11.8 Å². The maximum Gasteiger partial charge on any atom is 0.272 e. The highest BCUT2D eigenvalue weighted by atomic mass is 35.5. The molecule has 1 unspecified atom stereocenters. The van der Waals surface area contributed by atoms with Gasteiger partial charge in [-0.1, -0.05) is 23.2 Å². The summed E-state index contributed by atoms with van der Waals surface area (Å²) in [4.78, 5) is 10.1. The normalized spacial score (nSPS) is 13.9. The lowest BCUT2D eigenvalue weighted by Gasteiger charge is -2.23. The number of halogens is 2. The smallest absolute Gasteiger partial charge is 0.272 e. The number of nitrogens with zero attached hydrogens (tertiary/aromatic N) is 1. The molecule has 0 aromatic heterocycles. The molecule has 0 radical (unpaired) electrons. The minimum Gasteiger partial charge on any atom is -0.387 e. The Morgan fingerprint density at radius 2 is 2.00 bits per heavy atom. The number of nitrogens with one attached hydrogen (secondary N) is 1. The lowest BCUT2D eigenvalue weighted by atomic mass is 10.1. The predicted octanol–water partition coefficient (Wildman–Crippen LogP) is 3.43. The van der Waals surface area contributed by atoms with E-state index >= 15 is 0 Å². The molecular weight excluding hydrogens is 311 g/mol. The average Bonchev–Trinajstić information content (AvgIpc) is 2.27. The van der Waals surface area contributed by atoms with E-state index in [4.69, 9.17) is 23.2 Å². The predicted molar refractivity (Wildman–Crippen MR) is 80.6 cm³/mol. The summed E-state index contributed by atoms with van der Waals surface area (Å²) in [5.41, 5.74) is -0.708. The van der Waals surface area contributed by atoms with Gasteiger partial charge in [0.2, 0.25) is 0 Å². The fourth-order valence-electron chi connectivity index (χ4n) is 1.47. The molecule has 1 aromatic carbocycles. The zero-order valence-electron chi connectivity index (χ0n) is 10.4. The van der Waals surface area contributed by atoms with Gasteiger partial charge in [0.05, 0.1) is 26.3 Å². The van der Waals surface area contributed by atoms with E-state index in [9.17, 15) is 15.2 Å². The van der Waals surface area contributed by atoms with Crippen LogP contribution in [0.2, 0.25) is 10.0 Å². The second kappa shape index (κ2) is 6.65. The summed E-state index contributed by atoms with van der Waals surface area (Å²) in [6.07, 6.45) is 1.89. The Labute approximate surface area is 125 Å². The third-order valence-corrected chi connectivity index (χ3v) is 3.85. The Balaban J connectivity index is 2.88. The molecule has 0 fully saturated rings.